The Labute approximate surface area is 145 Å². The van der Waals surface area contributed by atoms with Gasteiger partial charge in [-0.05, 0) is 30.7 Å². The minimum atomic E-state index is -0.879. The van der Waals surface area contributed by atoms with Crippen LogP contribution in [0.5, 0.6) is 0 Å². The first-order valence-electron chi connectivity index (χ1n) is 6.91. The molecule has 0 aliphatic rings. The van der Waals surface area contributed by atoms with E-state index in [1.165, 1.54) is 19.1 Å². The fraction of sp³-hybridized carbons (Fsp3) is 0.125. The van der Waals surface area contributed by atoms with Gasteiger partial charge in [-0.15, -0.1) is 0 Å². The van der Waals surface area contributed by atoms with Crippen molar-refractivity contribution in [3.05, 3.63) is 67.7 Å². The Morgan fingerprint density at radius 3 is 2.56 bits per heavy atom. The smallest absolute Gasteiger partial charge is 0.303 e. The molecule has 0 saturated heterocycles. The lowest BCUT2D eigenvalue weighted by Crippen LogP contribution is -2.12. The van der Waals surface area contributed by atoms with Crippen molar-refractivity contribution >= 4 is 35.2 Å². The first-order valence-corrected chi connectivity index (χ1v) is 7.28. The summed E-state index contributed by atoms with van der Waals surface area (Å²) in [6.45, 7) is 1.24. The van der Waals surface area contributed by atoms with Crippen LogP contribution in [-0.4, -0.2) is 17.1 Å². The van der Waals surface area contributed by atoms with Gasteiger partial charge in [-0.25, -0.2) is 8.78 Å². The Morgan fingerprint density at radius 1 is 1.32 bits per heavy atom. The lowest BCUT2D eigenvalue weighted by Gasteiger charge is -2.11. The van der Waals surface area contributed by atoms with Crippen molar-refractivity contribution in [1.82, 2.24) is 0 Å². The molecule has 0 spiro atoms. The van der Waals surface area contributed by atoms with Crippen LogP contribution in [0, 0.1) is 28.7 Å². The molecule has 1 amide bonds. The molecule has 0 unspecified atom stereocenters. The van der Waals surface area contributed by atoms with Crippen molar-refractivity contribution in [2.75, 3.05) is 5.32 Å². The number of nitrogens with one attached hydrogen (secondary N) is 1. The van der Waals surface area contributed by atoms with E-state index in [0.717, 1.165) is 12.1 Å². The summed E-state index contributed by atoms with van der Waals surface area (Å²) in [7, 11) is 0. The fourth-order valence-corrected chi connectivity index (χ4v) is 2.51. The van der Waals surface area contributed by atoms with Crippen LogP contribution in [0.25, 0.3) is 0 Å². The summed E-state index contributed by atoms with van der Waals surface area (Å²) in [5.41, 5.74) is -1.46. The summed E-state index contributed by atoms with van der Waals surface area (Å²) in [4.78, 5) is 33.6. The van der Waals surface area contributed by atoms with Gasteiger partial charge >= 0.3 is 5.69 Å². The van der Waals surface area contributed by atoms with Gasteiger partial charge in [0.1, 0.15) is 22.9 Å². The van der Waals surface area contributed by atoms with Gasteiger partial charge in [0.05, 0.1) is 9.95 Å². The Bertz CT molecular complexity index is 887. The molecule has 9 heteroatoms. The van der Waals surface area contributed by atoms with Gasteiger partial charge in [0.15, 0.2) is 5.78 Å². The van der Waals surface area contributed by atoms with Crippen molar-refractivity contribution < 1.29 is 23.3 Å². The van der Waals surface area contributed by atoms with E-state index in [4.69, 9.17) is 11.6 Å². The maximum Gasteiger partial charge on any atom is 0.303 e. The number of hydrogen-bond acceptors (Lipinski definition) is 4. The lowest BCUT2D eigenvalue weighted by molar-refractivity contribution is -0.384. The van der Waals surface area contributed by atoms with E-state index < -0.39 is 33.6 Å². The predicted molar refractivity (Wildman–Crippen MR) is 86.9 cm³/mol. The number of carbonyl (C=O) groups excluding carboxylic acids is 2. The minimum Gasteiger partial charge on any atom is -0.323 e. The van der Waals surface area contributed by atoms with Crippen LogP contribution in [0.4, 0.5) is 20.2 Å². The zero-order valence-corrected chi connectivity index (χ0v) is 13.6. The Hall–Kier alpha value is -2.87. The van der Waals surface area contributed by atoms with E-state index in [1.54, 1.807) is 0 Å². The van der Waals surface area contributed by atoms with Crippen LogP contribution in [0.2, 0.25) is 5.02 Å². The first kappa shape index (κ1) is 18.5. The summed E-state index contributed by atoms with van der Waals surface area (Å²) >= 11 is 5.63. The number of carbonyl (C=O) groups is 2. The molecule has 0 fully saturated rings. The highest BCUT2D eigenvalue weighted by molar-refractivity contribution is 6.30. The fourth-order valence-electron chi connectivity index (χ4n) is 2.30. The average molecular weight is 369 g/mol. The molecule has 0 heterocycles. The van der Waals surface area contributed by atoms with Crippen LogP contribution in [-0.2, 0) is 11.2 Å². The summed E-state index contributed by atoms with van der Waals surface area (Å²) in [6.07, 6.45) is -0.202. The third kappa shape index (κ3) is 3.80. The van der Waals surface area contributed by atoms with E-state index in [9.17, 15) is 28.5 Å². The molecule has 2 aromatic carbocycles. The summed E-state index contributed by atoms with van der Waals surface area (Å²) in [5.74, 6) is -2.33. The summed E-state index contributed by atoms with van der Waals surface area (Å²) < 4.78 is 27.2. The molecule has 0 saturated carbocycles. The van der Waals surface area contributed by atoms with Gasteiger partial charge in [-0.2, -0.15) is 0 Å². The molecule has 0 aromatic heterocycles. The van der Waals surface area contributed by atoms with Crippen LogP contribution in [0.3, 0.4) is 0 Å². The second-order valence-electron chi connectivity index (χ2n) is 5.12. The molecule has 25 heavy (non-hydrogen) atoms. The van der Waals surface area contributed by atoms with Crippen LogP contribution < -0.4 is 5.32 Å². The number of nitrogens with zero attached hydrogens (tertiary/aromatic N) is 1. The van der Waals surface area contributed by atoms with Gasteiger partial charge < -0.3 is 5.32 Å². The molecule has 0 radical (unpaired) electrons. The number of nitro groups is 1. The second-order valence-corrected chi connectivity index (χ2v) is 5.53. The van der Waals surface area contributed by atoms with Crippen molar-refractivity contribution in [2.24, 2.45) is 0 Å². The molecular formula is C16H11ClF2N2O4. The molecule has 0 aliphatic heterocycles. The second kappa shape index (κ2) is 7.35. The van der Waals surface area contributed by atoms with Crippen LogP contribution in [0.1, 0.15) is 21.5 Å². The highest BCUT2D eigenvalue weighted by Gasteiger charge is 2.28. The molecule has 0 atom stereocenters. The number of amides is 1. The number of Topliss-reactive ketones (excluding diaryl/α,β-unsaturated/α-hetero) is 1. The number of benzene rings is 2. The van der Waals surface area contributed by atoms with E-state index >= 15 is 0 Å². The van der Waals surface area contributed by atoms with E-state index in [-0.39, 0.29) is 29.1 Å². The van der Waals surface area contributed by atoms with Gasteiger partial charge in [0.25, 0.3) is 0 Å². The molecule has 2 aromatic rings. The minimum absolute atomic E-state index is 0.156. The molecule has 0 bridgehead atoms. The first-order chi connectivity index (χ1) is 11.8. The number of hydrogen-bond donors (Lipinski definition) is 1. The Balaban J connectivity index is 2.52. The van der Waals surface area contributed by atoms with Crippen molar-refractivity contribution in [3.8, 4) is 0 Å². The Morgan fingerprint density at radius 2 is 2.00 bits per heavy atom. The maximum atomic E-state index is 14.0. The normalized spacial score (nSPS) is 10.4. The highest BCUT2D eigenvalue weighted by Crippen LogP contribution is 2.34. The molecule has 130 valence electrons. The van der Waals surface area contributed by atoms with Crippen molar-refractivity contribution in [2.45, 2.75) is 13.3 Å². The standard InChI is InChI=1S/C16H11ClF2N2O4/c1-8-13(19)6-10(16(21(24)25)15(8)20-7-22)14(23)5-9-2-3-12(18)11(17)4-9/h2-4,6-7H,5H2,1H3,(H,20,22). The van der Waals surface area contributed by atoms with Gasteiger partial charge in [0, 0.05) is 12.0 Å². The average Bonchev–Trinajstić information content (AvgIpc) is 2.54. The van der Waals surface area contributed by atoms with Crippen molar-refractivity contribution in [1.29, 1.82) is 0 Å². The van der Waals surface area contributed by atoms with Gasteiger partial charge in [-0.1, -0.05) is 17.7 Å². The summed E-state index contributed by atoms with van der Waals surface area (Å²) in [5, 5.41) is 13.2. The third-order valence-corrected chi connectivity index (χ3v) is 3.82. The number of halogens is 3. The van der Waals surface area contributed by atoms with E-state index in [2.05, 4.69) is 5.32 Å². The van der Waals surface area contributed by atoms with Gasteiger partial charge in [-0.3, -0.25) is 19.7 Å². The zero-order valence-electron chi connectivity index (χ0n) is 12.8. The van der Waals surface area contributed by atoms with Crippen LogP contribution in [0.15, 0.2) is 24.3 Å². The number of rotatable bonds is 6. The van der Waals surface area contributed by atoms with Crippen LogP contribution >= 0.6 is 11.6 Å². The predicted octanol–water partition coefficient (Wildman–Crippen LogP) is 3.83. The maximum absolute atomic E-state index is 14.0. The zero-order chi connectivity index (χ0) is 18.7. The number of nitro benzene ring substituents is 1. The monoisotopic (exact) mass is 368 g/mol. The Kier molecular flexibility index (Phi) is 5.43. The van der Waals surface area contributed by atoms with Gasteiger partial charge in [0.2, 0.25) is 6.41 Å². The molecule has 1 N–H and O–H groups in total. The third-order valence-electron chi connectivity index (χ3n) is 3.53. The summed E-state index contributed by atoms with van der Waals surface area (Å²) in [6, 6.07) is 4.29. The molecule has 6 nitrogen and oxygen atoms in total. The van der Waals surface area contributed by atoms with Crippen molar-refractivity contribution in [3.63, 3.8) is 0 Å². The topological polar surface area (TPSA) is 89.3 Å². The quantitative estimate of drug-likeness (QED) is 0.363. The molecular weight excluding hydrogens is 358 g/mol. The van der Waals surface area contributed by atoms with E-state index in [0.29, 0.717) is 5.56 Å². The SMILES string of the molecule is Cc1c(F)cc(C(=O)Cc2ccc(F)c(Cl)c2)c([N+](=O)[O-])c1NC=O. The molecule has 0 aliphatic carbocycles. The highest BCUT2D eigenvalue weighted by atomic mass is 35.5. The molecule has 2 rings (SSSR count). The van der Waals surface area contributed by atoms with E-state index in [1.807, 2.05) is 0 Å². The largest absolute Gasteiger partial charge is 0.323 e. The number of anilines is 1. The number of ketones is 1. The lowest BCUT2D eigenvalue weighted by atomic mass is 9.98.